The molecule has 7 heteroatoms. The van der Waals surface area contributed by atoms with Crippen LogP contribution >= 0.6 is 0 Å². The molecule has 0 saturated carbocycles. The third-order valence-electron chi connectivity index (χ3n) is 3.41. The summed E-state index contributed by atoms with van der Waals surface area (Å²) in [6, 6.07) is 3.05. The van der Waals surface area contributed by atoms with Crippen molar-refractivity contribution in [1.29, 1.82) is 0 Å². The first-order valence-electron chi connectivity index (χ1n) is 6.40. The van der Waals surface area contributed by atoms with Gasteiger partial charge in [-0.25, -0.2) is 4.98 Å². The van der Waals surface area contributed by atoms with Crippen LogP contribution in [0.5, 0.6) is 0 Å². The molecule has 0 spiro atoms. The Labute approximate surface area is 112 Å². The number of nitro groups is 1. The van der Waals surface area contributed by atoms with Crippen molar-refractivity contribution in [2.24, 2.45) is 5.92 Å². The summed E-state index contributed by atoms with van der Waals surface area (Å²) in [5.41, 5.74) is 5.46. The summed E-state index contributed by atoms with van der Waals surface area (Å²) < 4.78 is 0. The first kappa shape index (κ1) is 13.5. The Hall–Kier alpha value is -1.89. The fraction of sp³-hybridized carbons (Fsp3) is 0.583. The Morgan fingerprint density at radius 2 is 2.42 bits per heavy atom. The normalized spacial score (nSPS) is 19.1. The summed E-state index contributed by atoms with van der Waals surface area (Å²) in [6.07, 6.45) is 2.38. The van der Waals surface area contributed by atoms with Gasteiger partial charge >= 0.3 is 5.69 Å². The second kappa shape index (κ2) is 5.83. The lowest BCUT2D eigenvalue weighted by Gasteiger charge is -2.28. The predicted molar refractivity (Wildman–Crippen MR) is 74.2 cm³/mol. The molecule has 1 fully saturated rings. The third kappa shape index (κ3) is 3.31. The fourth-order valence-corrected chi connectivity index (χ4v) is 2.38. The minimum Gasteiger partial charge on any atom is -0.378 e. The van der Waals surface area contributed by atoms with Gasteiger partial charge in [0.25, 0.3) is 0 Å². The smallest absolute Gasteiger partial charge is 0.311 e. The molecule has 1 aromatic heterocycles. The quantitative estimate of drug-likeness (QED) is 0.623. The maximum Gasteiger partial charge on any atom is 0.311 e. The Kier molecular flexibility index (Phi) is 4.16. The largest absolute Gasteiger partial charge is 0.378 e. The Bertz CT molecular complexity index is 459. The highest BCUT2D eigenvalue weighted by molar-refractivity contribution is 5.57. The lowest BCUT2D eigenvalue weighted by molar-refractivity contribution is -0.384. The van der Waals surface area contributed by atoms with E-state index in [9.17, 15) is 10.1 Å². The number of nitrogens with one attached hydrogen (secondary N) is 1. The van der Waals surface area contributed by atoms with E-state index < -0.39 is 4.92 Å². The van der Waals surface area contributed by atoms with Crippen LogP contribution in [0.4, 0.5) is 17.3 Å². The third-order valence-corrected chi connectivity index (χ3v) is 3.41. The number of aromatic nitrogens is 1. The van der Waals surface area contributed by atoms with Gasteiger partial charge in [0.2, 0.25) is 5.82 Å². The Morgan fingerprint density at radius 3 is 3.00 bits per heavy atom. The van der Waals surface area contributed by atoms with Gasteiger partial charge in [-0.05, 0) is 37.9 Å². The molecule has 0 aromatic carbocycles. The summed E-state index contributed by atoms with van der Waals surface area (Å²) in [4.78, 5) is 16.3. The number of nitrogens with zero attached hydrogens (tertiary/aromatic N) is 3. The molecule has 1 aromatic rings. The van der Waals surface area contributed by atoms with E-state index in [-0.39, 0.29) is 11.5 Å². The highest BCUT2D eigenvalue weighted by Gasteiger charge is 2.18. The van der Waals surface area contributed by atoms with Gasteiger partial charge in [-0.2, -0.15) is 0 Å². The molecule has 2 heterocycles. The first-order chi connectivity index (χ1) is 9.08. The van der Waals surface area contributed by atoms with Crippen LogP contribution in [0, 0.1) is 16.0 Å². The van der Waals surface area contributed by atoms with Gasteiger partial charge in [0.05, 0.1) is 4.92 Å². The maximum atomic E-state index is 10.7. The number of pyridine rings is 1. The Morgan fingerprint density at radius 1 is 1.63 bits per heavy atom. The van der Waals surface area contributed by atoms with E-state index in [1.165, 1.54) is 18.9 Å². The number of anilines is 2. The SMILES string of the molecule is CN(CC1CCCNC1)c1ccc([N+](=O)[O-])c(N)n1. The lowest BCUT2D eigenvalue weighted by Crippen LogP contribution is -2.37. The van der Waals surface area contributed by atoms with Crippen LogP contribution in [0.1, 0.15) is 12.8 Å². The van der Waals surface area contributed by atoms with Crippen LogP contribution < -0.4 is 16.0 Å². The fourth-order valence-electron chi connectivity index (χ4n) is 2.38. The molecule has 7 nitrogen and oxygen atoms in total. The molecule has 2 rings (SSSR count). The molecule has 0 radical (unpaired) electrons. The number of hydrogen-bond donors (Lipinski definition) is 2. The van der Waals surface area contributed by atoms with Crippen LogP contribution in [-0.2, 0) is 0 Å². The van der Waals surface area contributed by atoms with E-state index in [2.05, 4.69) is 10.3 Å². The van der Waals surface area contributed by atoms with Crippen LogP contribution in [0.25, 0.3) is 0 Å². The predicted octanol–water partition coefficient (Wildman–Crippen LogP) is 1.01. The zero-order valence-corrected chi connectivity index (χ0v) is 11.0. The Balaban J connectivity index is 2.04. The maximum absolute atomic E-state index is 10.7. The van der Waals surface area contributed by atoms with Gasteiger partial charge in [0.1, 0.15) is 5.82 Å². The zero-order chi connectivity index (χ0) is 13.8. The van der Waals surface area contributed by atoms with Gasteiger partial charge in [-0.15, -0.1) is 0 Å². The first-order valence-corrected chi connectivity index (χ1v) is 6.40. The standard InChI is InChI=1S/C12H19N5O2/c1-16(8-9-3-2-6-14-7-9)11-5-4-10(17(18)19)12(13)15-11/h4-5,9,14H,2-3,6-8H2,1H3,(H2,13,15). The van der Waals surface area contributed by atoms with Crippen molar-refractivity contribution in [2.75, 3.05) is 37.3 Å². The van der Waals surface area contributed by atoms with Crippen molar-refractivity contribution >= 4 is 17.3 Å². The molecular weight excluding hydrogens is 246 g/mol. The monoisotopic (exact) mass is 265 g/mol. The molecule has 1 saturated heterocycles. The zero-order valence-electron chi connectivity index (χ0n) is 11.0. The van der Waals surface area contributed by atoms with Crippen LogP contribution in [0.2, 0.25) is 0 Å². The molecule has 1 atom stereocenters. The van der Waals surface area contributed by atoms with E-state index in [1.807, 2.05) is 11.9 Å². The summed E-state index contributed by atoms with van der Waals surface area (Å²) in [7, 11) is 1.93. The van der Waals surface area contributed by atoms with Crippen molar-refractivity contribution in [3.05, 3.63) is 22.2 Å². The van der Waals surface area contributed by atoms with E-state index >= 15 is 0 Å². The van der Waals surface area contributed by atoms with Crippen molar-refractivity contribution in [2.45, 2.75) is 12.8 Å². The minimum atomic E-state index is -0.517. The number of rotatable bonds is 4. The molecule has 104 valence electrons. The molecule has 1 aliphatic heterocycles. The van der Waals surface area contributed by atoms with Crippen molar-refractivity contribution in [3.63, 3.8) is 0 Å². The molecule has 0 aliphatic carbocycles. The number of nitrogen functional groups attached to an aromatic ring is 1. The molecular formula is C12H19N5O2. The van der Waals surface area contributed by atoms with Gasteiger partial charge in [0, 0.05) is 19.7 Å². The molecule has 3 N–H and O–H groups in total. The van der Waals surface area contributed by atoms with E-state index in [4.69, 9.17) is 5.73 Å². The second-order valence-electron chi connectivity index (χ2n) is 4.92. The molecule has 19 heavy (non-hydrogen) atoms. The van der Waals surface area contributed by atoms with E-state index in [1.54, 1.807) is 6.07 Å². The van der Waals surface area contributed by atoms with Crippen molar-refractivity contribution < 1.29 is 4.92 Å². The summed E-state index contributed by atoms with van der Waals surface area (Å²) in [5.74, 6) is 1.22. The number of nitrogens with two attached hydrogens (primary N) is 1. The lowest BCUT2D eigenvalue weighted by atomic mass is 9.99. The van der Waals surface area contributed by atoms with Gasteiger partial charge in [-0.3, -0.25) is 10.1 Å². The average molecular weight is 265 g/mol. The summed E-state index contributed by atoms with van der Waals surface area (Å²) in [5, 5.41) is 14.0. The number of piperidine rings is 1. The molecule has 0 bridgehead atoms. The van der Waals surface area contributed by atoms with Crippen LogP contribution in [-0.4, -0.2) is 36.6 Å². The van der Waals surface area contributed by atoms with Gasteiger partial charge in [-0.1, -0.05) is 0 Å². The van der Waals surface area contributed by atoms with E-state index in [0.717, 1.165) is 19.6 Å². The van der Waals surface area contributed by atoms with E-state index in [0.29, 0.717) is 11.7 Å². The number of hydrogen-bond acceptors (Lipinski definition) is 6. The topological polar surface area (TPSA) is 97.3 Å². The minimum absolute atomic E-state index is 0.0314. The molecule has 1 unspecified atom stereocenters. The summed E-state index contributed by atoms with van der Waals surface area (Å²) >= 11 is 0. The highest BCUT2D eigenvalue weighted by atomic mass is 16.6. The second-order valence-corrected chi connectivity index (χ2v) is 4.92. The van der Waals surface area contributed by atoms with Gasteiger partial charge in [0.15, 0.2) is 0 Å². The van der Waals surface area contributed by atoms with Crippen LogP contribution in [0.3, 0.4) is 0 Å². The molecule has 0 amide bonds. The van der Waals surface area contributed by atoms with Gasteiger partial charge < -0.3 is 16.0 Å². The summed E-state index contributed by atoms with van der Waals surface area (Å²) in [6.45, 7) is 2.97. The van der Waals surface area contributed by atoms with Crippen LogP contribution in [0.15, 0.2) is 12.1 Å². The van der Waals surface area contributed by atoms with Crippen molar-refractivity contribution in [1.82, 2.24) is 10.3 Å². The average Bonchev–Trinajstić information content (AvgIpc) is 2.39. The van der Waals surface area contributed by atoms with Crippen molar-refractivity contribution in [3.8, 4) is 0 Å². The highest BCUT2D eigenvalue weighted by Crippen LogP contribution is 2.23. The molecule has 1 aliphatic rings.